The van der Waals surface area contributed by atoms with Gasteiger partial charge < -0.3 is 82.2 Å². The van der Waals surface area contributed by atoms with Crippen LogP contribution in [0.1, 0.15) is 122 Å². The fourth-order valence-electron chi connectivity index (χ4n) is 9.72. The third-order valence-corrected chi connectivity index (χ3v) is 14.2. The largest absolute Gasteiger partial charge is 0.496 e. The van der Waals surface area contributed by atoms with Crippen molar-refractivity contribution in [3.63, 3.8) is 0 Å². The Kier molecular flexibility index (Phi) is 33.5. The molecule has 7 rings (SSSR count). The molecule has 0 bridgehead atoms. The first-order chi connectivity index (χ1) is 43.8. The Bertz CT molecular complexity index is 2920. The van der Waals surface area contributed by atoms with Gasteiger partial charge in [-0.1, -0.05) is 37.1 Å². The van der Waals surface area contributed by atoms with Crippen LogP contribution in [0, 0.1) is 5.92 Å². The zero-order chi connectivity index (χ0) is 68.6. The summed E-state index contributed by atoms with van der Waals surface area (Å²) in [6, 6.07) is 9.02. The number of nitrogens with one attached hydrogen (secondary N) is 1. The fraction of sp³-hybridized carbons (Fsp3) is 0.552. The minimum absolute atomic E-state index is 0.0164. The van der Waals surface area contributed by atoms with Gasteiger partial charge in [-0.3, -0.25) is 19.4 Å². The number of amides is 2. The van der Waals surface area contributed by atoms with Crippen molar-refractivity contribution in [1.29, 1.82) is 0 Å². The summed E-state index contributed by atoms with van der Waals surface area (Å²) < 4.78 is 68.6. The highest BCUT2D eigenvalue weighted by atomic mass is 16.6. The number of carbonyl (C=O) groups excluding carboxylic acids is 4. The van der Waals surface area contributed by atoms with Crippen LogP contribution in [-0.4, -0.2) is 194 Å². The zero-order valence-electron chi connectivity index (χ0n) is 56.0. The van der Waals surface area contributed by atoms with Gasteiger partial charge in [-0.25, -0.2) is 19.2 Å². The van der Waals surface area contributed by atoms with Gasteiger partial charge in [0, 0.05) is 48.0 Å². The van der Waals surface area contributed by atoms with Crippen molar-refractivity contribution in [1.82, 2.24) is 15.1 Å². The van der Waals surface area contributed by atoms with Gasteiger partial charge in [0.25, 0.3) is 0 Å². The number of carboxylic acids is 2. The summed E-state index contributed by atoms with van der Waals surface area (Å²) in [5, 5.41) is 28.8. The molecule has 0 unspecified atom stereocenters. The van der Waals surface area contributed by atoms with E-state index in [9.17, 15) is 28.8 Å². The lowest BCUT2D eigenvalue weighted by Gasteiger charge is -2.27. The van der Waals surface area contributed by atoms with E-state index in [4.69, 9.17) is 76.9 Å². The second-order valence-corrected chi connectivity index (χ2v) is 23.0. The van der Waals surface area contributed by atoms with Crippen molar-refractivity contribution >= 4 is 54.3 Å². The molecule has 0 spiro atoms. The summed E-state index contributed by atoms with van der Waals surface area (Å²) in [6.45, 7) is 12.8. The van der Waals surface area contributed by atoms with E-state index in [2.05, 4.69) is 5.32 Å². The van der Waals surface area contributed by atoms with Crippen molar-refractivity contribution in [2.24, 2.45) is 5.92 Å². The normalized spacial score (nSPS) is 16.9. The number of carboxylic acid groups (broad SMARTS) is 2. The molecule has 512 valence electrons. The van der Waals surface area contributed by atoms with Gasteiger partial charge in [0.2, 0.25) is 0 Å². The molecule has 3 heterocycles. The summed E-state index contributed by atoms with van der Waals surface area (Å²) in [5.41, 5.74) is 1.22. The van der Waals surface area contributed by atoms with Crippen LogP contribution >= 0.6 is 0 Å². The van der Waals surface area contributed by atoms with Crippen LogP contribution in [0.15, 0.2) is 54.6 Å². The van der Waals surface area contributed by atoms with Gasteiger partial charge in [-0.05, 0) is 130 Å². The summed E-state index contributed by atoms with van der Waals surface area (Å²) in [5.74, 6) is 3.39. The third-order valence-electron chi connectivity index (χ3n) is 14.2. The number of nitrogens with zero attached hydrogens (tertiary/aromatic N) is 2. The lowest BCUT2D eigenvalue weighted by Crippen LogP contribution is -2.44. The first-order valence-corrected chi connectivity index (χ1v) is 30.3. The van der Waals surface area contributed by atoms with Crippen molar-refractivity contribution < 1.29 is 106 Å². The standard InChI is InChI=1S/C22H31NO7.C18H24O5.C12H16O4.C10H17NO4.C5H9NO2/c1-22(2,3)30-21(25)23-11-7-10-16(23)20(24)29-12-8-9-15-13-18(27-5)19(28-6)14-17(15)26-4;1-20-15-12-17(22-3)16(21-2)11-14(15)9-6-10-23-18(19)13-7-4-5-8-13;1-14-10-8-12(16-3)11(15-2)7-9(10)5-4-6-13;1-10(2,3)15-9(14)11-6-4-5-7(11)8(12)13;7-5(8)4-2-1-3-6-4/h8-9,13-14,16H,7,10-12H2,1-6H3;6,9,11-13H,4-5,7-8,10H2,1-3H3;4-5,7-8,13H,6H2,1-3H3;7H,4-6H2,1-3H3,(H,12,13);4,6H,1-3H2,(H,7,8)/b9-8+;9-6+;5-4+;;/t16-;;;7-;4-/m0..00/s1. The quantitative estimate of drug-likeness (QED) is 0.0569. The number of likely N-dealkylation sites (tertiary alicyclic amines) is 2. The number of rotatable bonds is 21. The first kappa shape index (κ1) is 77.7. The van der Waals surface area contributed by atoms with Crippen LogP contribution in [0.25, 0.3) is 18.2 Å². The molecule has 4 N–H and O–H groups in total. The number of ether oxygens (including phenoxy) is 13. The van der Waals surface area contributed by atoms with Gasteiger partial charge in [-0.15, -0.1) is 0 Å². The maximum absolute atomic E-state index is 12.5. The molecule has 3 atom stereocenters. The molecule has 1 aliphatic carbocycles. The van der Waals surface area contributed by atoms with E-state index in [0.717, 1.165) is 74.6 Å². The smallest absolute Gasteiger partial charge is 0.411 e. The fourth-order valence-corrected chi connectivity index (χ4v) is 9.72. The SMILES string of the molecule is CC(C)(C)OC(=O)N1CCC[C@H]1C(=O)O.COc1cc(OC)c(OC)cc1/C=C/CO.COc1cc(OC)c(OC)cc1/C=C/COC(=O)C1CCCC1.COc1cc(OC)c(OC)cc1/C=C/COC(=O)[C@@H]1CCCN1C(=O)OC(C)(C)C.O=C(O)[C@@H]1CCCN1. The van der Waals surface area contributed by atoms with Crippen molar-refractivity contribution in [2.45, 2.75) is 135 Å². The molecule has 1 saturated carbocycles. The molecule has 0 radical (unpaired) electrons. The maximum atomic E-state index is 12.5. The Labute approximate surface area is 540 Å². The van der Waals surface area contributed by atoms with E-state index in [1.54, 1.807) is 166 Å². The van der Waals surface area contributed by atoms with Gasteiger partial charge in [0.05, 0.1) is 76.5 Å². The third kappa shape index (κ3) is 25.6. The van der Waals surface area contributed by atoms with Gasteiger partial charge in [0.15, 0.2) is 34.5 Å². The zero-order valence-corrected chi connectivity index (χ0v) is 56.0. The van der Waals surface area contributed by atoms with Crippen molar-refractivity contribution in [3.8, 4) is 51.7 Å². The lowest BCUT2D eigenvalue weighted by atomic mass is 10.1. The molecule has 3 aliphatic heterocycles. The molecule has 3 aromatic rings. The maximum Gasteiger partial charge on any atom is 0.411 e. The Balaban J connectivity index is 0.000000317. The van der Waals surface area contributed by atoms with Crippen molar-refractivity contribution in [3.05, 3.63) is 71.3 Å². The Morgan fingerprint density at radius 2 is 0.815 bits per heavy atom. The Morgan fingerprint density at radius 3 is 1.14 bits per heavy atom. The number of methoxy groups -OCH3 is 9. The van der Waals surface area contributed by atoms with Crippen LogP contribution in [-0.2, 0) is 38.1 Å². The highest BCUT2D eigenvalue weighted by molar-refractivity contribution is 5.83. The highest BCUT2D eigenvalue weighted by Gasteiger charge is 2.38. The minimum Gasteiger partial charge on any atom is -0.496 e. The molecule has 0 aromatic heterocycles. The van der Waals surface area contributed by atoms with E-state index >= 15 is 0 Å². The summed E-state index contributed by atoms with van der Waals surface area (Å²) in [7, 11) is 14.1. The van der Waals surface area contributed by atoms with Gasteiger partial charge >= 0.3 is 36.1 Å². The minimum atomic E-state index is -0.960. The number of aliphatic carboxylic acids is 2. The van der Waals surface area contributed by atoms with E-state index in [1.165, 1.54) is 9.80 Å². The van der Waals surface area contributed by atoms with Gasteiger partial charge in [0.1, 0.15) is 59.8 Å². The average molecular weight is 1300 g/mol. The number of esters is 2. The predicted molar refractivity (Wildman–Crippen MR) is 345 cm³/mol. The molecule has 4 aliphatic rings. The second-order valence-electron chi connectivity index (χ2n) is 23.0. The van der Waals surface area contributed by atoms with E-state index < -0.39 is 53.4 Å². The Morgan fingerprint density at radius 1 is 0.457 bits per heavy atom. The molecule has 3 aromatic carbocycles. The molecular weight excluding hydrogens is 1200 g/mol. The number of aliphatic hydroxyl groups excluding tert-OH is 1. The van der Waals surface area contributed by atoms with Crippen molar-refractivity contribution in [2.75, 3.05) is 103 Å². The summed E-state index contributed by atoms with van der Waals surface area (Å²) in [6.07, 6.45) is 17.9. The molecule has 92 heavy (non-hydrogen) atoms. The molecule has 25 nitrogen and oxygen atoms in total. The molecule has 25 heteroatoms. The second kappa shape index (κ2) is 39.6. The van der Waals surface area contributed by atoms with E-state index in [0.29, 0.717) is 77.7 Å². The van der Waals surface area contributed by atoms with Crippen LogP contribution in [0.2, 0.25) is 0 Å². The molecule has 3 saturated heterocycles. The number of carbonyl (C=O) groups is 6. The Hall–Kier alpha value is -8.58. The van der Waals surface area contributed by atoms with E-state index in [-0.39, 0.29) is 37.7 Å². The topological polar surface area (TPSA) is 302 Å². The average Bonchev–Trinajstić information content (AvgIpc) is 1.14. The summed E-state index contributed by atoms with van der Waals surface area (Å²) in [4.78, 5) is 72.0. The molecule has 4 fully saturated rings. The van der Waals surface area contributed by atoms with Crippen LogP contribution in [0.3, 0.4) is 0 Å². The molecule has 2 amide bonds. The summed E-state index contributed by atoms with van der Waals surface area (Å²) >= 11 is 0. The van der Waals surface area contributed by atoms with Crippen LogP contribution in [0.4, 0.5) is 9.59 Å². The predicted octanol–water partition coefficient (Wildman–Crippen LogP) is 10.1. The first-order valence-electron chi connectivity index (χ1n) is 30.3. The van der Waals surface area contributed by atoms with Crippen LogP contribution in [0.5, 0.6) is 51.7 Å². The number of aliphatic hydroxyl groups is 1. The number of benzene rings is 3. The lowest BCUT2D eigenvalue weighted by molar-refractivity contribution is -0.148. The number of hydrogen-bond donors (Lipinski definition) is 4. The van der Waals surface area contributed by atoms with Gasteiger partial charge in [-0.2, -0.15) is 0 Å². The molecular formula is C67H97N3O22. The highest BCUT2D eigenvalue weighted by Crippen LogP contribution is 2.38. The van der Waals surface area contributed by atoms with Crippen LogP contribution < -0.4 is 47.9 Å². The number of hydrogen-bond acceptors (Lipinski definition) is 21. The van der Waals surface area contributed by atoms with E-state index in [1.807, 2.05) is 12.1 Å². The monoisotopic (exact) mass is 1300 g/mol.